The third-order valence-electron chi connectivity index (χ3n) is 5.83. The zero-order valence-corrected chi connectivity index (χ0v) is 20.0. The van der Waals surface area contributed by atoms with Crippen LogP contribution in [0, 0.1) is 0 Å². The number of carbonyl (C=O) groups excluding carboxylic acids is 2. The van der Waals surface area contributed by atoms with Crippen LogP contribution in [0.4, 0.5) is 5.69 Å². The molecule has 0 fully saturated rings. The Bertz CT molecular complexity index is 1210. The average molecular weight is 477 g/mol. The van der Waals surface area contributed by atoms with Gasteiger partial charge in [0.1, 0.15) is 11.5 Å². The molecule has 0 unspecified atom stereocenters. The molecule has 0 aromatic heterocycles. The zero-order valence-electron chi connectivity index (χ0n) is 20.0. The lowest BCUT2D eigenvalue weighted by Gasteiger charge is -2.29. The van der Waals surface area contributed by atoms with Crippen LogP contribution < -0.4 is 24.3 Å². The van der Waals surface area contributed by atoms with Crippen molar-refractivity contribution in [1.82, 2.24) is 4.90 Å². The predicted octanol–water partition coefficient (Wildman–Crippen LogP) is 3.93. The number of hydrogen-bond donors (Lipinski definition) is 1. The van der Waals surface area contributed by atoms with Crippen molar-refractivity contribution >= 4 is 17.5 Å². The standard InChI is InChI=1S/C27H28N2O6/c1-32-23-6-4-5-21(15-23)28-26(30)17-35-22-9-7-18(8-10-22)27(31)29-12-11-19-13-24(33-2)25(34-3)14-20(19)16-29/h4-10,13-15H,11-12,16-17H2,1-3H3,(H,28,30). The summed E-state index contributed by atoms with van der Waals surface area (Å²) in [6, 6.07) is 17.8. The van der Waals surface area contributed by atoms with Crippen molar-refractivity contribution < 1.29 is 28.5 Å². The maximum Gasteiger partial charge on any atom is 0.262 e. The Morgan fingerprint density at radius 2 is 1.57 bits per heavy atom. The Hall–Kier alpha value is -4.20. The van der Waals surface area contributed by atoms with Gasteiger partial charge in [-0.3, -0.25) is 9.59 Å². The molecule has 3 aromatic rings. The van der Waals surface area contributed by atoms with Crippen molar-refractivity contribution in [1.29, 1.82) is 0 Å². The summed E-state index contributed by atoms with van der Waals surface area (Å²) in [5, 5.41) is 2.76. The summed E-state index contributed by atoms with van der Waals surface area (Å²) in [7, 11) is 4.78. The minimum Gasteiger partial charge on any atom is -0.497 e. The first kappa shape index (κ1) is 23.9. The van der Waals surface area contributed by atoms with Crippen LogP contribution in [0.1, 0.15) is 21.5 Å². The lowest BCUT2D eigenvalue weighted by molar-refractivity contribution is -0.118. The van der Waals surface area contributed by atoms with E-state index in [2.05, 4.69) is 5.32 Å². The molecule has 0 bridgehead atoms. The normalized spacial score (nSPS) is 12.4. The second kappa shape index (κ2) is 10.8. The molecule has 4 rings (SSSR count). The van der Waals surface area contributed by atoms with Crippen LogP contribution >= 0.6 is 0 Å². The number of fused-ring (bicyclic) bond motifs is 1. The molecule has 0 aliphatic carbocycles. The Morgan fingerprint density at radius 3 is 2.26 bits per heavy atom. The lowest BCUT2D eigenvalue weighted by atomic mass is 9.98. The van der Waals surface area contributed by atoms with Crippen molar-refractivity contribution in [3.63, 3.8) is 0 Å². The quantitative estimate of drug-likeness (QED) is 0.530. The maximum atomic E-state index is 13.1. The van der Waals surface area contributed by atoms with Gasteiger partial charge in [0, 0.05) is 30.4 Å². The van der Waals surface area contributed by atoms with Crippen LogP contribution in [0.5, 0.6) is 23.0 Å². The van der Waals surface area contributed by atoms with Gasteiger partial charge in [0.15, 0.2) is 18.1 Å². The number of rotatable bonds is 8. The minimum absolute atomic E-state index is 0.0623. The molecule has 8 heteroatoms. The van der Waals surface area contributed by atoms with E-state index in [4.69, 9.17) is 18.9 Å². The third-order valence-corrected chi connectivity index (χ3v) is 5.83. The summed E-state index contributed by atoms with van der Waals surface area (Å²) in [6.07, 6.45) is 0.741. The topological polar surface area (TPSA) is 86.3 Å². The van der Waals surface area contributed by atoms with Gasteiger partial charge in [-0.05, 0) is 66.1 Å². The Morgan fingerprint density at radius 1 is 0.857 bits per heavy atom. The monoisotopic (exact) mass is 476 g/mol. The molecule has 1 aliphatic rings. The van der Waals surface area contributed by atoms with Crippen LogP contribution in [0.25, 0.3) is 0 Å². The molecule has 1 N–H and O–H groups in total. The summed E-state index contributed by atoms with van der Waals surface area (Å²) in [5.41, 5.74) is 3.38. The van der Waals surface area contributed by atoms with Gasteiger partial charge in [0.2, 0.25) is 0 Å². The van der Waals surface area contributed by atoms with E-state index in [1.165, 1.54) is 0 Å². The van der Waals surface area contributed by atoms with E-state index >= 15 is 0 Å². The van der Waals surface area contributed by atoms with Crippen molar-refractivity contribution in [2.75, 3.05) is 39.8 Å². The van der Waals surface area contributed by atoms with Gasteiger partial charge in [0.05, 0.1) is 21.3 Å². The second-order valence-corrected chi connectivity index (χ2v) is 8.05. The van der Waals surface area contributed by atoms with E-state index < -0.39 is 0 Å². The van der Waals surface area contributed by atoms with E-state index in [-0.39, 0.29) is 18.4 Å². The number of nitrogens with one attached hydrogen (secondary N) is 1. The first-order chi connectivity index (χ1) is 17.0. The van der Waals surface area contributed by atoms with E-state index in [1.807, 2.05) is 17.0 Å². The molecule has 35 heavy (non-hydrogen) atoms. The van der Waals surface area contributed by atoms with Gasteiger partial charge in [0.25, 0.3) is 11.8 Å². The molecular formula is C27H28N2O6. The predicted molar refractivity (Wildman–Crippen MR) is 132 cm³/mol. The molecule has 182 valence electrons. The highest BCUT2D eigenvalue weighted by molar-refractivity contribution is 5.94. The van der Waals surface area contributed by atoms with E-state index in [0.717, 1.165) is 17.5 Å². The lowest BCUT2D eigenvalue weighted by Crippen LogP contribution is -2.36. The van der Waals surface area contributed by atoms with E-state index in [9.17, 15) is 9.59 Å². The van der Waals surface area contributed by atoms with E-state index in [1.54, 1.807) is 69.9 Å². The molecular weight excluding hydrogens is 448 g/mol. The molecule has 0 saturated heterocycles. The summed E-state index contributed by atoms with van der Waals surface area (Å²) >= 11 is 0. The van der Waals surface area contributed by atoms with Gasteiger partial charge in [-0.2, -0.15) is 0 Å². The molecule has 1 heterocycles. The molecule has 0 radical (unpaired) electrons. The number of ether oxygens (including phenoxy) is 4. The van der Waals surface area contributed by atoms with Gasteiger partial charge in [-0.15, -0.1) is 0 Å². The highest BCUT2D eigenvalue weighted by atomic mass is 16.5. The number of carbonyl (C=O) groups is 2. The highest BCUT2D eigenvalue weighted by Crippen LogP contribution is 2.33. The molecule has 0 saturated carbocycles. The molecule has 0 spiro atoms. The zero-order chi connectivity index (χ0) is 24.8. The Labute approximate surface area is 204 Å². The van der Waals surface area contributed by atoms with Crippen molar-refractivity contribution in [2.45, 2.75) is 13.0 Å². The molecule has 1 aliphatic heterocycles. The maximum absolute atomic E-state index is 13.1. The third kappa shape index (κ3) is 5.66. The molecule has 3 aromatic carbocycles. The fraction of sp³-hybridized carbons (Fsp3) is 0.259. The number of methoxy groups -OCH3 is 3. The number of amides is 2. The fourth-order valence-electron chi connectivity index (χ4n) is 3.98. The van der Waals surface area contributed by atoms with Gasteiger partial charge in [-0.25, -0.2) is 0 Å². The van der Waals surface area contributed by atoms with Crippen LogP contribution in [-0.4, -0.2) is 51.2 Å². The van der Waals surface area contributed by atoms with E-state index in [0.29, 0.717) is 47.3 Å². The van der Waals surface area contributed by atoms with Gasteiger partial charge >= 0.3 is 0 Å². The Kier molecular flexibility index (Phi) is 7.40. The van der Waals surface area contributed by atoms with Crippen LogP contribution in [-0.2, 0) is 17.8 Å². The van der Waals surface area contributed by atoms with Crippen molar-refractivity contribution in [3.8, 4) is 23.0 Å². The average Bonchev–Trinajstić information content (AvgIpc) is 2.90. The largest absolute Gasteiger partial charge is 0.497 e. The summed E-state index contributed by atoms with van der Waals surface area (Å²) in [5.74, 6) is 2.14. The summed E-state index contributed by atoms with van der Waals surface area (Å²) in [6.45, 7) is 0.958. The minimum atomic E-state index is -0.294. The summed E-state index contributed by atoms with van der Waals surface area (Å²) < 4.78 is 21.5. The molecule has 0 atom stereocenters. The highest BCUT2D eigenvalue weighted by Gasteiger charge is 2.23. The van der Waals surface area contributed by atoms with Crippen molar-refractivity contribution in [2.24, 2.45) is 0 Å². The number of hydrogen-bond acceptors (Lipinski definition) is 6. The second-order valence-electron chi connectivity index (χ2n) is 8.05. The van der Waals surface area contributed by atoms with Crippen LogP contribution in [0.3, 0.4) is 0 Å². The smallest absolute Gasteiger partial charge is 0.262 e. The summed E-state index contributed by atoms with van der Waals surface area (Å²) in [4.78, 5) is 27.1. The fourth-order valence-corrected chi connectivity index (χ4v) is 3.98. The van der Waals surface area contributed by atoms with Crippen molar-refractivity contribution in [3.05, 3.63) is 77.4 Å². The van der Waals surface area contributed by atoms with Crippen LogP contribution in [0.15, 0.2) is 60.7 Å². The number of anilines is 1. The number of nitrogens with zero attached hydrogens (tertiary/aromatic N) is 1. The SMILES string of the molecule is COc1cccc(NC(=O)COc2ccc(C(=O)N3CCc4cc(OC)c(OC)cc4C3)cc2)c1. The first-order valence-electron chi connectivity index (χ1n) is 11.2. The Balaban J connectivity index is 1.34. The van der Waals surface area contributed by atoms with Gasteiger partial charge < -0.3 is 29.2 Å². The first-order valence-corrected chi connectivity index (χ1v) is 11.2. The van der Waals surface area contributed by atoms with Gasteiger partial charge in [-0.1, -0.05) is 6.07 Å². The molecule has 2 amide bonds. The van der Waals surface area contributed by atoms with Crippen LogP contribution in [0.2, 0.25) is 0 Å². The molecule has 8 nitrogen and oxygen atoms in total. The number of benzene rings is 3.